The van der Waals surface area contributed by atoms with Gasteiger partial charge in [0.1, 0.15) is 5.75 Å². The highest BCUT2D eigenvalue weighted by molar-refractivity contribution is 7.97. The monoisotopic (exact) mass is 313 g/mol. The summed E-state index contributed by atoms with van der Waals surface area (Å²) in [5.41, 5.74) is 3.00. The molecule has 1 heterocycles. The van der Waals surface area contributed by atoms with Crippen molar-refractivity contribution in [2.75, 3.05) is 12.9 Å². The first-order valence-electron chi connectivity index (χ1n) is 7.38. The number of amides is 1. The Kier molecular flexibility index (Phi) is 4.68. The van der Waals surface area contributed by atoms with Gasteiger partial charge in [-0.05, 0) is 30.0 Å². The second-order valence-corrected chi connectivity index (χ2v) is 6.20. The summed E-state index contributed by atoms with van der Waals surface area (Å²) >= 11 is 1.78. The van der Waals surface area contributed by atoms with Gasteiger partial charge in [-0.2, -0.15) is 11.8 Å². The number of carbonyl (C=O) groups is 1. The van der Waals surface area contributed by atoms with Crippen LogP contribution >= 0.6 is 11.8 Å². The van der Waals surface area contributed by atoms with Gasteiger partial charge in [0, 0.05) is 23.3 Å². The Labute approximate surface area is 135 Å². The molecule has 0 fully saturated rings. The quantitative estimate of drug-likeness (QED) is 0.933. The molecule has 1 aliphatic heterocycles. The van der Waals surface area contributed by atoms with Gasteiger partial charge in [-0.3, -0.25) is 4.79 Å². The average Bonchev–Trinajstić information content (AvgIpc) is 2.56. The van der Waals surface area contributed by atoms with Gasteiger partial charge < -0.3 is 10.1 Å². The summed E-state index contributed by atoms with van der Waals surface area (Å²) in [4.78, 5) is 12.4. The van der Waals surface area contributed by atoms with Crippen LogP contribution in [0.25, 0.3) is 0 Å². The fraction of sp³-hybridized carbons (Fsp3) is 0.278. The van der Waals surface area contributed by atoms with E-state index < -0.39 is 0 Å². The molecule has 0 aromatic heterocycles. The number of benzene rings is 2. The van der Waals surface area contributed by atoms with Crippen LogP contribution in [-0.4, -0.2) is 18.8 Å². The van der Waals surface area contributed by atoms with Crippen molar-refractivity contribution in [3.63, 3.8) is 0 Å². The number of rotatable bonds is 4. The molecule has 4 heteroatoms. The lowest BCUT2D eigenvalue weighted by atomic mass is 10.00. The number of fused-ring (bicyclic) bond motifs is 1. The number of nitrogens with one attached hydrogen (secondary N) is 1. The van der Waals surface area contributed by atoms with Crippen LogP contribution in [0, 0.1) is 0 Å². The molecule has 1 N–H and O–H groups in total. The molecule has 0 saturated carbocycles. The topological polar surface area (TPSA) is 38.3 Å². The van der Waals surface area contributed by atoms with Crippen molar-refractivity contribution in [3.05, 3.63) is 65.2 Å². The molecule has 1 atom stereocenters. The smallest absolute Gasteiger partial charge is 0.251 e. The summed E-state index contributed by atoms with van der Waals surface area (Å²) in [6.07, 6.45) is 2.87. The highest BCUT2D eigenvalue weighted by atomic mass is 32.2. The molecule has 0 unspecified atom stereocenters. The maximum atomic E-state index is 12.4. The van der Waals surface area contributed by atoms with Crippen LogP contribution in [0.4, 0.5) is 0 Å². The van der Waals surface area contributed by atoms with Gasteiger partial charge in [0.05, 0.1) is 12.6 Å². The first kappa shape index (κ1) is 15.0. The highest BCUT2D eigenvalue weighted by Gasteiger charge is 2.22. The maximum Gasteiger partial charge on any atom is 0.251 e. The third-order valence-corrected chi connectivity index (χ3v) is 4.41. The van der Waals surface area contributed by atoms with Crippen molar-refractivity contribution in [3.8, 4) is 5.75 Å². The zero-order valence-corrected chi connectivity index (χ0v) is 13.4. The van der Waals surface area contributed by atoms with Crippen molar-refractivity contribution in [2.24, 2.45) is 0 Å². The van der Waals surface area contributed by atoms with E-state index in [4.69, 9.17) is 4.74 Å². The third-order valence-electron chi connectivity index (χ3n) is 3.79. The SMILES string of the molecule is CSCc1ccc(C(=O)N[C@H]2CCOc3ccccc32)cc1. The number of hydrogen-bond acceptors (Lipinski definition) is 3. The van der Waals surface area contributed by atoms with Crippen LogP contribution in [0.1, 0.15) is 33.9 Å². The molecule has 1 amide bonds. The number of para-hydroxylation sites is 1. The van der Waals surface area contributed by atoms with Gasteiger partial charge in [-0.1, -0.05) is 30.3 Å². The van der Waals surface area contributed by atoms with E-state index in [0.29, 0.717) is 12.2 Å². The lowest BCUT2D eigenvalue weighted by Gasteiger charge is -2.26. The van der Waals surface area contributed by atoms with Crippen LogP contribution in [0.3, 0.4) is 0 Å². The van der Waals surface area contributed by atoms with Crippen LogP contribution in [0.15, 0.2) is 48.5 Å². The summed E-state index contributed by atoms with van der Waals surface area (Å²) in [6.45, 7) is 0.634. The second-order valence-electron chi connectivity index (χ2n) is 5.33. The third kappa shape index (κ3) is 3.28. The van der Waals surface area contributed by atoms with E-state index in [1.807, 2.05) is 48.5 Å². The van der Waals surface area contributed by atoms with Crippen molar-refractivity contribution in [1.82, 2.24) is 5.32 Å². The Morgan fingerprint density at radius 2 is 2.00 bits per heavy atom. The number of ether oxygens (including phenoxy) is 1. The van der Waals surface area contributed by atoms with Gasteiger partial charge in [-0.25, -0.2) is 0 Å². The molecule has 1 aliphatic rings. The summed E-state index contributed by atoms with van der Waals surface area (Å²) in [5, 5.41) is 3.12. The average molecular weight is 313 g/mol. The van der Waals surface area contributed by atoms with E-state index in [-0.39, 0.29) is 11.9 Å². The predicted octanol–water partition coefficient (Wildman–Crippen LogP) is 3.80. The van der Waals surface area contributed by atoms with E-state index in [1.54, 1.807) is 11.8 Å². The van der Waals surface area contributed by atoms with Gasteiger partial charge in [0.25, 0.3) is 5.91 Å². The maximum absolute atomic E-state index is 12.4. The molecular weight excluding hydrogens is 294 g/mol. The molecule has 0 aliphatic carbocycles. The van der Waals surface area contributed by atoms with Gasteiger partial charge in [0.2, 0.25) is 0 Å². The Hall–Kier alpha value is -1.94. The number of hydrogen-bond donors (Lipinski definition) is 1. The predicted molar refractivity (Wildman–Crippen MR) is 90.4 cm³/mol. The van der Waals surface area contributed by atoms with E-state index >= 15 is 0 Å². The first-order valence-corrected chi connectivity index (χ1v) is 8.78. The zero-order chi connectivity index (χ0) is 15.4. The van der Waals surface area contributed by atoms with Crippen molar-refractivity contribution >= 4 is 17.7 Å². The van der Waals surface area contributed by atoms with E-state index in [2.05, 4.69) is 11.6 Å². The van der Waals surface area contributed by atoms with Crippen LogP contribution in [0.5, 0.6) is 5.75 Å². The molecular formula is C18H19NO2S. The zero-order valence-electron chi connectivity index (χ0n) is 12.5. The highest BCUT2D eigenvalue weighted by Crippen LogP contribution is 2.31. The minimum Gasteiger partial charge on any atom is -0.493 e. The van der Waals surface area contributed by atoms with Crippen molar-refractivity contribution < 1.29 is 9.53 Å². The van der Waals surface area contributed by atoms with Crippen LogP contribution < -0.4 is 10.1 Å². The fourth-order valence-corrected chi connectivity index (χ4v) is 3.18. The summed E-state index contributed by atoms with van der Waals surface area (Å²) in [6, 6.07) is 15.7. The molecule has 0 radical (unpaired) electrons. The van der Waals surface area contributed by atoms with Gasteiger partial charge >= 0.3 is 0 Å². The Morgan fingerprint density at radius 1 is 1.23 bits per heavy atom. The summed E-state index contributed by atoms with van der Waals surface area (Å²) < 4.78 is 5.63. The Morgan fingerprint density at radius 3 is 2.77 bits per heavy atom. The molecule has 2 aromatic rings. The molecule has 0 bridgehead atoms. The standard InChI is InChI=1S/C18H19NO2S/c1-22-12-13-6-8-14(9-7-13)18(20)19-16-10-11-21-17-5-3-2-4-15(16)17/h2-9,16H,10-12H2,1H3,(H,19,20)/t16-/m0/s1. The van der Waals surface area contributed by atoms with Gasteiger partial charge in [-0.15, -0.1) is 0 Å². The van der Waals surface area contributed by atoms with Crippen LogP contribution in [0.2, 0.25) is 0 Å². The summed E-state index contributed by atoms with van der Waals surface area (Å²) in [5.74, 6) is 1.81. The van der Waals surface area contributed by atoms with E-state index in [0.717, 1.165) is 23.5 Å². The second kappa shape index (κ2) is 6.88. The molecule has 0 spiro atoms. The van der Waals surface area contributed by atoms with Crippen LogP contribution in [-0.2, 0) is 5.75 Å². The Balaban J connectivity index is 1.72. The first-order chi connectivity index (χ1) is 10.8. The molecule has 2 aromatic carbocycles. The van der Waals surface area contributed by atoms with E-state index in [9.17, 15) is 4.79 Å². The molecule has 114 valence electrons. The van der Waals surface area contributed by atoms with Gasteiger partial charge in [0.15, 0.2) is 0 Å². The molecule has 3 rings (SSSR count). The lowest BCUT2D eigenvalue weighted by molar-refractivity contribution is 0.0925. The Bertz CT molecular complexity index is 654. The largest absolute Gasteiger partial charge is 0.493 e. The number of carbonyl (C=O) groups excluding carboxylic acids is 1. The molecule has 3 nitrogen and oxygen atoms in total. The van der Waals surface area contributed by atoms with Crippen molar-refractivity contribution in [2.45, 2.75) is 18.2 Å². The minimum absolute atomic E-state index is 0.0170. The molecule has 0 saturated heterocycles. The summed E-state index contributed by atoms with van der Waals surface area (Å²) in [7, 11) is 0. The van der Waals surface area contributed by atoms with Crippen molar-refractivity contribution in [1.29, 1.82) is 0 Å². The normalized spacial score (nSPS) is 16.5. The fourth-order valence-electron chi connectivity index (χ4n) is 2.65. The molecule has 22 heavy (non-hydrogen) atoms. The van der Waals surface area contributed by atoms with E-state index in [1.165, 1.54) is 5.56 Å². The minimum atomic E-state index is -0.0302. The lowest BCUT2D eigenvalue weighted by Crippen LogP contribution is -2.32. The number of thioether (sulfide) groups is 1.